The molecule has 2 aliphatic rings. The Kier molecular flexibility index (Phi) is 3.01. The van der Waals surface area contributed by atoms with Crippen molar-refractivity contribution in [1.29, 1.82) is 0 Å². The number of benzene rings is 1. The molecule has 116 valence electrons. The average Bonchev–Trinajstić information content (AvgIpc) is 2.87. The molecule has 0 spiro atoms. The van der Waals surface area contributed by atoms with E-state index < -0.39 is 11.9 Å². The molecule has 1 aromatic heterocycles. The standard InChI is InChI=1S/C17H20FN3O/c1-20-10-6-7-11(20)9-12(8-10)21-14-5-3-2-4-13(14)15(16(21)18)17(19)22/h2-5,10-12H,6-9H2,1H3,(H2,19,22). The summed E-state index contributed by atoms with van der Waals surface area (Å²) in [6.07, 6.45) is 4.23. The van der Waals surface area contributed by atoms with Crippen LogP contribution in [0.4, 0.5) is 4.39 Å². The smallest absolute Gasteiger partial charge is 0.253 e. The molecule has 4 nitrogen and oxygen atoms in total. The topological polar surface area (TPSA) is 51.3 Å². The molecular formula is C17H20FN3O. The first-order chi connectivity index (χ1) is 10.6. The van der Waals surface area contributed by atoms with Crippen LogP contribution in [0.3, 0.4) is 0 Å². The van der Waals surface area contributed by atoms with E-state index in [1.807, 2.05) is 18.2 Å². The third-order valence-corrected chi connectivity index (χ3v) is 5.54. The van der Waals surface area contributed by atoms with E-state index in [1.54, 1.807) is 10.6 Å². The van der Waals surface area contributed by atoms with E-state index in [0.717, 1.165) is 18.4 Å². The van der Waals surface area contributed by atoms with E-state index in [1.165, 1.54) is 12.8 Å². The summed E-state index contributed by atoms with van der Waals surface area (Å²) in [4.78, 5) is 14.1. The van der Waals surface area contributed by atoms with Gasteiger partial charge in [0.2, 0.25) is 5.95 Å². The Morgan fingerprint density at radius 2 is 1.82 bits per heavy atom. The number of piperidine rings is 1. The maximum Gasteiger partial charge on any atom is 0.253 e. The molecule has 0 saturated carbocycles. The lowest BCUT2D eigenvalue weighted by atomic mass is 9.97. The fourth-order valence-corrected chi connectivity index (χ4v) is 4.42. The Morgan fingerprint density at radius 3 is 2.45 bits per heavy atom. The number of rotatable bonds is 2. The Balaban J connectivity index is 1.86. The predicted molar refractivity (Wildman–Crippen MR) is 83.3 cm³/mol. The number of fused-ring (bicyclic) bond motifs is 3. The zero-order valence-corrected chi connectivity index (χ0v) is 12.6. The molecular weight excluding hydrogens is 281 g/mol. The van der Waals surface area contributed by atoms with Gasteiger partial charge in [-0.05, 0) is 38.8 Å². The number of aromatic nitrogens is 1. The number of nitrogens with two attached hydrogens (primary N) is 1. The van der Waals surface area contributed by atoms with Crippen LogP contribution in [0.25, 0.3) is 10.9 Å². The van der Waals surface area contributed by atoms with Crippen molar-refractivity contribution < 1.29 is 9.18 Å². The van der Waals surface area contributed by atoms with Crippen molar-refractivity contribution in [2.75, 3.05) is 7.05 Å². The third kappa shape index (κ3) is 1.81. The molecule has 2 bridgehead atoms. The van der Waals surface area contributed by atoms with Crippen molar-refractivity contribution in [1.82, 2.24) is 9.47 Å². The molecule has 2 atom stereocenters. The summed E-state index contributed by atoms with van der Waals surface area (Å²) >= 11 is 0. The molecule has 4 rings (SSSR count). The highest BCUT2D eigenvalue weighted by atomic mass is 19.1. The van der Waals surface area contributed by atoms with Gasteiger partial charge in [0.05, 0.1) is 5.52 Å². The summed E-state index contributed by atoms with van der Waals surface area (Å²) in [5.41, 5.74) is 6.22. The Bertz CT molecular complexity index is 740. The molecule has 2 fully saturated rings. The van der Waals surface area contributed by atoms with Gasteiger partial charge in [-0.2, -0.15) is 4.39 Å². The number of para-hydroxylation sites is 1. The van der Waals surface area contributed by atoms with Gasteiger partial charge in [0.1, 0.15) is 5.56 Å². The molecule has 1 amide bonds. The maximum atomic E-state index is 14.9. The van der Waals surface area contributed by atoms with E-state index in [0.29, 0.717) is 17.5 Å². The quantitative estimate of drug-likeness (QED) is 0.927. The van der Waals surface area contributed by atoms with E-state index >= 15 is 0 Å². The number of amides is 1. The molecule has 22 heavy (non-hydrogen) atoms. The number of primary amides is 1. The maximum absolute atomic E-state index is 14.9. The second-order valence-corrected chi connectivity index (χ2v) is 6.59. The van der Waals surface area contributed by atoms with E-state index in [2.05, 4.69) is 11.9 Å². The van der Waals surface area contributed by atoms with Gasteiger partial charge in [0.15, 0.2) is 0 Å². The summed E-state index contributed by atoms with van der Waals surface area (Å²) in [7, 11) is 2.16. The first kappa shape index (κ1) is 13.8. The lowest BCUT2D eigenvalue weighted by Crippen LogP contribution is -2.40. The Hall–Kier alpha value is -1.88. The van der Waals surface area contributed by atoms with Gasteiger partial charge in [0, 0.05) is 23.5 Å². The second kappa shape index (κ2) is 4.81. The van der Waals surface area contributed by atoms with Crippen LogP contribution in [-0.4, -0.2) is 34.5 Å². The molecule has 2 aromatic rings. The lowest BCUT2D eigenvalue weighted by molar-refractivity contribution is 0.0995. The molecule has 2 saturated heterocycles. The van der Waals surface area contributed by atoms with Crippen molar-refractivity contribution in [2.45, 2.75) is 43.8 Å². The molecule has 3 heterocycles. The first-order valence-corrected chi connectivity index (χ1v) is 7.88. The van der Waals surface area contributed by atoms with Gasteiger partial charge < -0.3 is 15.2 Å². The van der Waals surface area contributed by atoms with Crippen molar-refractivity contribution in [3.8, 4) is 0 Å². The summed E-state index contributed by atoms with van der Waals surface area (Å²) in [5, 5.41) is 0.624. The van der Waals surface area contributed by atoms with Crippen LogP contribution in [0.15, 0.2) is 24.3 Å². The molecule has 2 N–H and O–H groups in total. The minimum absolute atomic E-state index is 0.0295. The summed E-state index contributed by atoms with van der Waals surface area (Å²) < 4.78 is 16.7. The van der Waals surface area contributed by atoms with E-state index in [9.17, 15) is 9.18 Å². The highest BCUT2D eigenvalue weighted by Gasteiger charge is 2.40. The largest absolute Gasteiger partial charge is 0.365 e. The van der Waals surface area contributed by atoms with Crippen LogP contribution in [0.2, 0.25) is 0 Å². The van der Waals surface area contributed by atoms with Crippen molar-refractivity contribution >= 4 is 16.8 Å². The fraction of sp³-hybridized carbons (Fsp3) is 0.471. The molecule has 0 aliphatic carbocycles. The monoisotopic (exact) mass is 301 g/mol. The zero-order chi connectivity index (χ0) is 15.4. The van der Waals surface area contributed by atoms with Crippen molar-refractivity contribution in [2.24, 2.45) is 5.73 Å². The van der Waals surface area contributed by atoms with Crippen LogP contribution < -0.4 is 5.73 Å². The summed E-state index contributed by atoms with van der Waals surface area (Å²) in [6, 6.07) is 8.49. The number of carbonyl (C=O) groups excluding carboxylic acids is 1. The molecule has 0 radical (unpaired) electrons. The van der Waals surface area contributed by atoms with Gasteiger partial charge in [-0.1, -0.05) is 18.2 Å². The highest BCUT2D eigenvalue weighted by Crippen LogP contribution is 2.42. The highest BCUT2D eigenvalue weighted by molar-refractivity contribution is 6.06. The Labute approximate surface area is 128 Å². The molecule has 2 aliphatic heterocycles. The van der Waals surface area contributed by atoms with Crippen LogP contribution in [0.1, 0.15) is 42.1 Å². The van der Waals surface area contributed by atoms with Gasteiger partial charge in [0.25, 0.3) is 5.91 Å². The third-order valence-electron chi connectivity index (χ3n) is 5.54. The SMILES string of the molecule is CN1C2CCC1CC(n1c(F)c(C(N)=O)c3ccccc31)C2. The minimum Gasteiger partial charge on any atom is -0.365 e. The summed E-state index contributed by atoms with van der Waals surface area (Å²) in [5.74, 6) is -1.16. The molecule has 2 unspecified atom stereocenters. The number of nitrogens with zero attached hydrogens (tertiary/aromatic N) is 2. The fourth-order valence-electron chi connectivity index (χ4n) is 4.42. The minimum atomic E-state index is -0.691. The number of carbonyl (C=O) groups is 1. The van der Waals surface area contributed by atoms with Gasteiger partial charge >= 0.3 is 0 Å². The van der Waals surface area contributed by atoms with Crippen molar-refractivity contribution in [3.05, 3.63) is 35.8 Å². The second-order valence-electron chi connectivity index (χ2n) is 6.59. The van der Waals surface area contributed by atoms with Crippen LogP contribution in [0.5, 0.6) is 0 Å². The Morgan fingerprint density at radius 1 is 1.18 bits per heavy atom. The first-order valence-electron chi connectivity index (χ1n) is 7.88. The lowest BCUT2D eigenvalue weighted by Gasteiger charge is -2.37. The zero-order valence-electron chi connectivity index (χ0n) is 12.6. The number of hydrogen-bond acceptors (Lipinski definition) is 2. The van der Waals surface area contributed by atoms with Gasteiger partial charge in [-0.25, -0.2) is 0 Å². The van der Waals surface area contributed by atoms with Gasteiger partial charge in [-0.3, -0.25) is 4.79 Å². The number of hydrogen-bond donors (Lipinski definition) is 1. The van der Waals surface area contributed by atoms with Crippen LogP contribution in [-0.2, 0) is 0 Å². The van der Waals surface area contributed by atoms with E-state index in [-0.39, 0.29) is 11.6 Å². The normalized spacial score (nSPS) is 28.4. The van der Waals surface area contributed by atoms with E-state index in [4.69, 9.17) is 5.73 Å². The van der Waals surface area contributed by atoms with Gasteiger partial charge in [-0.15, -0.1) is 0 Å². The predicted octanol–water partition coefficient (Wildman–Crippen LogP) is 2.68. The van der Waals surface area contributed by atoms with Crippen molar-refractivity contribution in [3.63, 3.8) is 0 Å². The number of halogens is 1. The average molecular weight is 301 g/mol. The molecule has 5 heteroatoms. The summed E-state index contributed by atoms with van der Waals surface area (Å²) in [6.45, 7) is 0. The van der Waals surface area contributed by atoms with Crippen LogP contribution in [0, 0.1) is 5.95 Å². The van der Waals surface area contributed by atoms with Crippen LogP contribution >= 0.6 is 0 Å². The molecule has 1 aromatic carbocycles.